The molecule has 2 bridgehead atoms. The van der Waals surface area contributed by atoms with E-state index in [0.29, 0.717) is 36.9 Å². The number of guanidine groups is 1. The summed E-state index contributed by atoms with van der Waals surface area (Å²) in [6.45, 7) is 11.1. The van der Waals surface area contributed by atoms with Gasteiger partial charge in [0.2, 0.25) is 5.91 Å². The molecule has 3 aliphatic carbocycles. The van der Waals surface area contributed by atoms with Crippen molar-refractivity contribution in [1.29, 1.82) is 0 Å². The Hall–Kier alpha value is -2.19. The van der Waals surface area contributed by atoms with Crippen LogP contribution in [0.2, 0.25) is 0 Å². The van der Waals surface area contributed by atoms with Gasteiger partial charge in [-0.25, -0.2) is 15.1 Å². The summed E-state index contributed by atoms with van der Waals surface area (Å²) in [6.07, 6.45) is 3.66. The van der Waals surface area contributed by atoms with E-state index >= 15 is 0 Å². The van der Waals surface area contributed by atoms with Crippen LogP contribution in [0.1, 0.15) is 79.6 Å². The number of aliphatic imine (C=N–C) groups is 1. The monoisotopic (exact) mass is 593 g/mol. The molecular formula is C27H44BN5O7S. The summed E-state index contributed by atoms with van der Waals surface area (Å²) in [5.41, 5.74) is 7.09. The molecule has 0 radical (unpaired) electrons. The summed E-state index contributed by atoms with van der Waals surface area (Å²) in [5.74, 6) is -0.391. The van der Waals surface area contributed by atoms with E-state index in [1.807, 2.05) is 0 Å². The normalized spacial score (nSPS) is 31.8. The second-order valence-electron chi connectivity index (χ2n) is 13.3. The number of carbonyl (C=O) groups is 3. The van der Waals surface area contributed by atoms with E-state index in [1.165, 1.54) is 0 Å². The van der Waals surface area contributed by atoms with E-state index in [4.69, 9.17) is 15.0 Å². The van der Waals surface area contributed by atoms with Crippen molar-refractivity contribution >= 4 is 41.6 Å². The van der Waals surface area contributed by atoms with Crippen molar-refractivity contribution in [3.05, 3.63) is 10.1 Å². The Balaban J connectivity index is 1.44. The Labute approximate surface area is 246 Å². The maximum atomic E-state index is 13.7. The molecule has 5 aliphatic rings. The van der Waals surface area contributed by atoms with Crippen LogP contribution in [0.25, 0.3) is 0 Å². The number of nitrogens with zero attached hydrogens (tertiary/aromatic N) is 2. The van der Waals surface area contributed by atoms with Crippen LogP contribution in [0.4, 0.5) is 0 Å². The number of thioether (sulfide) groups is 1. The molecule has 228 valence electrons. The Morgan fingerprint density at radius 1 is 1.29 bits per heavy atom. The summed E-state index contributed by atoms with van der Waals surface area (Å²) in [7, 11) is -0.579. The zero-order chi connectivity index (χ0) is 30.1. The fraction of sp³-hybridized carbons (Fsp3) is 0.852. The third-order valence-corrected chi connectivity index (χ3v) is 10.7. The topological polar surface area (TPSA) is 175 Å². The number of nitrogens with two attached hydrogens (primary N) is 1. The zero-order valence-corrected chi connectivity index (χ0v) is 25.5. The molecule has 7 atom stereocenters. The lowest BCUT2D eigenvalue weighted by atomic mass is 9.43. The Morgan fingerprint density at radius 3 is 2.63 bits per heavy atom. The van der Waals surface area contributed by atoms with E-state index in [2.05, 4.69) is 44.9 Å². The van der Waals surface area contributed by atoms with Gasteiger partial charge < -0.3 is 20.4 Å². The molecule has 5 rings (SSSR count). The minimum atomic E-state index is -0.794. The van der Waals surface area contributed by atoms with Crippen molar-refractivity contribution in [1.82, 2.24) is 10.7 Å². The Bertz CT molecular complexity index is 1070. The lowest BCUT2D eigenvalue weighted by Crippen LogP contribution is -2.65. The van der Waals surface area contributed by atoms with Crippen LogP contribution in [0.15, 0.2) is 4.99 Å². The molecule has 5 fully saturated rings. The van der Waals surface area contributed by atoms with E-state index in [1.54, 1.807) is 5.43 Å². The minimum Gasteiger partial charge on any atom is -0.404 e. The van der Waals surface area contributed by atoms with Crippen molar-refractivity contribution in [2.45, 2.75) is 97.2 Å². The predicted octanol–water partition coefficient (Wildman–Crippen LogP) is 2.52. The van der Waals surface area contributed by atoms with Gasteiger partial charge in [-0.15, -0.1) is 0 Å². The highest BCUT2D eigenvalue weighted by molar-refractivity contribution is 8.14. The lowest BCUT2D eigenvalue weighted by Gasteiger charge is -2.64. The van der Waals surface area contributed by atoms with Gasteiger partial charge in [-0.1, -0.05) is 44.9 Å². The van der Waals surface area contributed by atoms with Crippen molar-refractivity contribution < 1.29 is 28.7 Å². The fourth-order valence-corrected chi connectivity index (χ4v) is 8.25. The quantitative estimate of drug-likeness (QED) is 0.0719. The van der Waals surface area contributed by atoms with Crippen molar-refractivity contribution in [2.24, 2.45) is 45.7 Å². The smallest absolute Gasteiger partial charge is 0.404 e. The number of ketones is 1. The lowest BCUT2D eigenvalue weighted by molar-refractivity contribution is -0.525. The first-order chi connectivity index (χ1) is 19.2. The molecule has 41 heavy (non-hydrogen) atoms. The molecular weight excluding hydrogens is 549 g/mol. The number of amides is 1. The number of nitrogens with one attached hydrogen (secondary N) is 2. The molecule has 2 heterocycles. The van der Waals surface area contributed by atoms with E-state index in [9.17, 15) is 24.5 Å². The standard InChI is InChI=1S/C27H44BN5O7S/c1-15(2)9-22(28-39-21-13-18-12-20(26(18,3)4)27(21,5)40-28)31-24(36)16(7-6-8-30-25(29)32-33(37)38)10-19(34)17-11-23(35)41-14-17/h15-18,20-22H,6-14H2,1-5H3,(H,31,36)(H3,29,30,32)/t16-,17-,18-,20-,21-,22+,27+/m1/s1. The number of hydrazine groups is 1. The van der Waals surface area contributed by atoms with Gasteiger partial charge in [-0.05, 0) is 62.2 Å². The summed E-state index contributed by atoms with van der Waals surface area (Å²) in [6, 6.07) is 0. The highest BCUT2D eigenvalue weighted by Gasteiger charge is 2.68. The molecule has 3 saturated carbocycles. The summed E-state index contributed by atoms with van der Waals surface area (Å²) in [4.78, 5) is 53.0. The Morgan fingerprint density at radius 2 is 2.02 bits per heavy atom. The van der Waals surface area contributed by atoms with E-state index in [0.717, 1.165) is 24.6 Å². The molecule has 1 amide bonds. The van der Waals surface area contributed by atoms with Gasteiger partial charge in [-0.3, -0.25) is 14.4 Å². The molecule has 4 N–H and O–H groups in total. The first-order valence-electron chi connectivity index (χ1n) is 14.7. The highest BCUT2D eigenvalue weighted by Crippen LogP contribution is 2.65. The van der Waals surface area contributed by atoms with E-state index < -0.39 is 23.7 Å². The van der Waals surface area contributed by atoms with E-state index in [-0.39, 0.29) is 71.4 Å². The average Bonchev–Trinajstić information content (AvgIpc) is 3.47. The molecule has 0 aromatic heterocycles. The minimum absolute atomic E-state index is 0.00368. The van der Waals surface area contributed by atoms with Crippen LogP contribution in [0, 0.1) is 45.1 Å². The van der Waals surface area contributed by atoms with Gasteiger partial charge in [0.25, 0.3) is 5.96 Å². The largest absolute Gasteiger partial charge is 0.481 e. The molecule has 0 spiro atoms. The number of nitro groups is 1. The van der Waals surface area contributed by atoms with Crippen molar-refractivity contribution in [3.63, 3.8) is 0 Å². The molecule has 2 saturated heterocycles. The fourth-order valence-electron chi connectivity index (χ4n) is 7.24. The highest BCUT2D eigenvalue weighted by atomic mass is 32.2. The van der Waals surface area contributed by atoms with Gasteiger partial charge >= 0.3 is 7.12 Å². The molecule has 14 heteroatoms. The molecule has 0 aromatic rings. The third-order valence-electron chi connectivity index (χ3n) is 9.68. The summed E-state index contributed by atoms with van der Waals surface area (Å²) in [5, 5.41) is 12.9. The molecule has 2 aliphatic heterocycles. The average molecular weight is 594 g/mol. The maximum absolute atomic E-state index is 13.7. The number of hydrogen-bond acceptors (Lipinski definition) is 9. The molecule has 0 unspecified atom stereocenters. The van der Waals surface area contributed by atoms with Crippen molar-refractivity contribution in [2.75, 3.05) is 12.3 Å². The van der Waals surface area contributed by atoms with Gasteiger partial charge in [0.1, 0.15) is 5.78 Å². The second-order valence-corrected chi connectivity index (χ2v) is 14.4. The SMILES string of the molecule is CC(C)C[C@H](NC(=O)[C@H](CCCN=C(N)N[N+](=O)[O-])CC(=O)[C@H]1CSC(=O)C1)B1O[C@@H]2C[C@H]3C[C@H](C3(C)C)[C@]2(C)O1. The summed E-state index contributed by atoms with van der Waals surface area (Å²) < 4.78 is 13.2. The van der Waals surface area contributed by atoms with Gasteiger partial charge in [0.05, 0.1) is 17.6 Å². The number of rotatable bonds is 13. The van der Waals surface area contributed by atoms with Crippen LogP contribution >= 0.6 is 11.8 Å². The number of carbonyl (C=O) groups excluding carboxylic acids is 3. The Kier molecular flexibility index (Phi) is 9.74. The first kappa shape index (κ1) is 31.7. The second kappa shape index (κ2) is 12.6. The zero-order valence-electron chi connectivity index (χ0n) is 24.7. The molecule has 0 aromatic carbocycles. The van der Waals surface area contributed by atoms with Crippen LogP contribution in [0.3, 0.4) is 0 Å². The van der Waals surface area contributed by atoms with Gasteiger partial charge in [-0.2, -0.15) is 0 Å². The summed E-state index contributed by atoms with van der Waals surface area (Å²) >= 11 is 1.16. The van der Waals surface area contributed by atoms with Crippen molar-refractivity contribution in [3.8, 4) is 0 Å². The van der Waals surface area contributed by atoms with Crippen LogP contribution in [-0.2, 0) is 23.7 Å². The number of hydrogen-bond donors (Lipinski definition) is 3. The van der Waals surface area contributed by atoms with Gasteiger partial charge in [0.15, 0.2) is 10.1 Å². The maximum Gasteiger partial charge on any atom is 0.481 e. The van der Waals surface area contributed by atoms with Crippen LogP contribution in [0.5, 0.6) is 0 Å². The van der Waals surface area contributed by atoms with Crippen LogP contribution in [-0.4, -0.2) is 64.9 Å². The van der Waals surface area contributed by atoms with Gasteiger partial charge in [0, 0.05) is 37.0 Å². The van der Waals surface area contributed by atoms with Crippen LogP contribution < -0.4 is 16.5 Å². The number of Topliss-reactive ketones (excluding diaryl/α,β-unsaturated/α-hetero) is 1. The predicted molar refractivity (Wildman–Crippen MR) is 156 cm³/mol. The molecule has 12 nitrogen and oxygen atoms in total. The first-order valence-corrected chi connectivity index (χ1v) is 15.7. The third kappa shape index (κ3) is 7.07.